The van der Waals surface area contributed by atoms with Crippen LogP contribution in [-0.4, -0.2) is 27.7 Å². The third kappa shape index (κ3) is 3.87. The summed E-state index contributed by atoms with van der Waals surface area (Å²) in [5, 5.41) is 7.43. The molecular formula is C16H17BrN4O2. The highest BCUT2D eigenvalue weighted by Crippen LogP contribution is 2.17. The summed E-state index contributed by atoms with van der Waals surface area (Å²) in [7, 11) is 1.35. The number of hydrogen-bond donors (Lipinski definition) is 1. The van der Waals surface area contributed by atoms with Crippen molar-refractivity contribution in [3.63, 3.8) is 0 Å². The van der Waals surface area contributed by atoms with Crippen molar-refractivity contribution in [3.05, 3.63) is 52.6 Å². The summed E-state index contributed by atoms with van der Waals surface area (Å²) in [6.07, 6.45) is 0. The Bertz CT molecular complexity index is 799. The van der Waals surface area contributed by atoms with E-state index in [9.17, 15) is 4.79 Å². The van der Waals surface area contributed by atoms with Crippen molar-refractivity contribution < 1.29 is 9.53 Å². The number of ether oxygens (including phenoxy) is 1. The van der Waals surface area contributed by atoms with Crippen LogP contribution in [0.25, 0.3) is 5.65 Å². The number of anilines is 2. The van der Waals surface area contributed by atoms with Crippen molar-refractivity contribution in [2.75, 3.05) is 12.4 Å². The van der Waals surface area contributed by atoms with Crippen LogP contribution in [0.2, 0.25) is 0 Å². The SMILES string of the molecule is CC.COC(=O)c1ccc(Nc2nc3cccc(Br)n3n2)cc1. The zero-order valence-electron chi connectivity index (χ0n) is 13.1. The normalized spacial score (nSPS) is 9.91. The molecule has 0 fully saturated rings. The maximum atomic E-state index is 11.4. The number of nitrogens with one attached hydrogen (secondary N) is 1. The summed E-state index contributed by atoms with van der Waals surface area (Å²) in [6, 6.07) is 12.5. The Morgan fingerprint density at radius 3 is 2.48 bits per heavy atom. The zero-order chi connectivity index (χ0) is 16.8. The number of halogens is 1. The number of carbonyl (C=O) groups is 1. The predicted molar refractivity (Wildman–Crippen MR) is 93.1 cm³/mol. The number of nitrogens with zero attached hydrogens (tertiary/aromatic N) is 3. The van der Waals surface area contributed by atoms with Crippen LogP contribution in [0.1, 0.15) is 24.2 Å². The van der Waals surface area contributed by atoms with Crippen molar-refractivity contribution in [3.8, 4) is 0 Å². The summed E-state index contributed by atoms with van der Waals surface area (Å²) in [5.41, 5.74) is 2.02. The Balaban J connectivity index is 0.000000924. The van der Waals surface area contributed by atoms with Gasteiger partial charge in [0, 0.05) is 5.69 Å². The minimum absolute atomic E-state index is 0.365. The fourth-order valence-corrected chi connectivity index (χ4v) is 2.28. The number of carbonyl (C=O) groups excluding carboxylic acids is 1. The first-order valence-corrected chi connectivity index (χ1v) is 7.93. The number of esters is 1. The standard InChI is InChI=1S/C14H11BrN4O2.C2H6/c1-21-13(20)9-5-7-10(8-6-9)16-14-17-12-4-2-3-11(15)19(12)18-14;1-2/h2-8H,1H3,(H,16,18);1-2H3. The molecule has 0 amide bonds. The van der Waals surface area contributed by atoms with Crippen LogP contribution in [0.4, 0.5) is 11.6 Å². The van der Waals surface area contributed by atoms with Crippen LogP contribution in [0.15, 0.2) is 47.1 Å². The highest BCUT2D eigenvalue weighted by molar-refractivity contribution is 9.10. The summed E-state index contributed by atoms with van der Waals surface area (Å²) < 4.78 is 7.16. The van der Waals surface area contributed by atoms with Gasteiger partial charge in [-0.1, -0.05) is 19.9 Å². The van der Waals surface area contributed by atoms with Crippen molar-refractivity contribution in [1.82, 2.24) is 14.6 Å². The third-order valence-electron chi connectivity index (χ3n) is 2.88. The van der Waals surface area contributed by atoms with Gasteiger partial charge >= 0.3 is 5.97 Å². The maximum absolute atomic E-state index is 11.4. The van der Waals surface area contributed by atoms with Crippen LogP contribution < -0.4 is 5.32 Å². The van der Waals surface area contributed by atoms with Gasteiger partial charge in [0.1, 0.15) is 4.60 Å². The van der Waals surface area contributed by atoms with E-state index >= 15 is 0 Å². The second-order valence-electron chi connectivity index (χ2n) is 4.25. The lowest BCUT2D eigenvalue weighted by Crippen LogP contribution is -2.01. The van der Waals surface area contributed by atoms with Gasteiger partial charge in [-0.05, 0) is 52.3 Å². The number of rotatable bonds is 3. The Labute approximate surface area is 142 Å². The van der Waals surface area contributed by atoms with Crippen LogP contribution in [0, 0.1) is 0 Å². The topological polar surface area (TPSA) is 68.5 Å². The van der Waals surface area contributed by atoms with E-state index in [-0.39, 0.29) is 5.97 Å². The Morgan fingerprint density at radius 1 is 1.17 bits per heavy atom. The fraction of sp³-hybridized carbons (Fsp3) is 0.188. The molecule has 2 heterocycles. The molecule has 0 bridgehead atoms. The summed E-state index contributed by atoms with van der Waals surface area (Å²) in [6.45, 7) is 4.00. The molecule has 3 aromatic rings. The molecule has 0 spiro atoms. The highest BCUT2D eigenvalue weighted by Gasteiger charge is 2.07. The molecule has 7 heteroatoms. The first-order chi connectivity index (χ1) is 11.2. The largest absolute Gasteiger partial charge is 0.465 e. The summed E-state index contributed by atoms with van der Waals surface area (Å²) >= 11 is 3.41. The maximum Gasteiger partial charge on any atom is 0.337 e. The lowest BCUT2D eigenvalue weighted by molar-refractivity contribution is 0.0601. The Kier molecular flexibility index (Phi) is 5.70. The molecule has 3 rings (SSSR count). The van der Waals surface area contributed by atoms with Gasteiger partial charge in [0.15, 0.2) is 5.65 Å². The lowest BCUT2D eigenvalue weighted by atomic mass is 10.2. The van der Waals surface area contributed by atoms with E-state index in [1.807, 2.05) is 32.0 Å². The van der Waals surface area contributed by atoms with Crippen molar-refractivity contribution >= 4 is 39.2 Å². The van der Waals surface area contributed by atoms with Crippen molar-refractivity contribution in [1.29, 1.82) is 0 Å². The minimum atomic E-state index is -0.365. The molecule has 0 saturated carbocycles. The molecule has 0 aliphatic rings. The molecule has 0 atom stereocenters. The van der Waals surface area contributed by atoms with E-state index < -0.39 is 0 Å². The first-order valence-electron chi connectivity index (χ1n) is 7.14. The van der Waals surface area contributed by atoms with E-state index in [2.05, 4.69) is 36.1 Å². The quantitative estimate of drug-likeness (QED) is 0.551. The van der Waals surface area contributed by atoms with Crippen LogP contribution in [-0.2, 0) is 4.74 Å². The molecule has 0 aliphatic carbocycles. The number of benzene rings is 1. The van der Waals surface area contributed by atoms with E-state index in [4.69, 9.17) is 0 Å². The number of methoxy groups -OCH3 is 1. The fourth-order valence-electron chi connectivity index (χ4n) is 1.86. The van der Waals surface area contributed by atoms with Crippen LogP contribution in [0.3, 0.4) is 0 Å². The monoisotopic (exact) mass is 376 g/mol. The Morgan fingerprint density at radius 2 is 1.87 bits per heavy atom. The van der Waals surface area contributed by atoms with Gasteiger partial charge in [-0.15, -0.1) is 5.10 Å². The molecular weight excluding hydrogens is 360 g/mol. The van der Waals surface area contributed by atoms with Crippen molar-refractivity contribution in [2.24, 2.45) is 0 Å². The Hall–Kier alpha value is -2.41. The number of aromatic nitrogens is 3. The summed E-state index contributed by atoms with van der Waals surface area (Å²) in [5.74, 6) is 0.115. The number of fused-ring (bicyclic) bond motifs is 1. The lowest BCUT2D eigenvalue weighted by Gasteiger charge is -2.03. The third-order valence-corrected chi connectivity index (χ3v) is 3.48. The smallest absolute Gasteiger partial charge is 0.337 e. The first kappa shape index (κ1) is 17.0. The van der Waals surface area contributed by atoms with Gasteiger partial charge < -0.3 is 10.1 Å². The van der Waals surface area contributed by atoms with E-state index in [0.29, 0.717) is 11.5 Å². The van der Waals surface area contributed by atoms with Gasteiger partial charge in [-0.2, -0.15) is 4.98 Å². The number of pyridine rings is 1. The molecule has 120 valence electrons. The molecule has 23 heavy (non-hydrogen) atoms. The van der Waals surface area contributed by atoms with Crippen LogP contribution in [0.5, 0.6) is 0 Å². The molecule has 1 N–H and O–H groups in total. The number of hydrogen-bond acceptors (Lipinski definition) is 5. The average molecular weight is 377 g/mol. The van der Waals surface area contributed by atoms with Gasteiger partial charge in [-0.25, -0.2) is 9.31 Å². The zero-order valence-corrected chi connectivity index (χ0v) is 14.7. The molecule has 6 nitrogen and oxygen atoms in total. The second-order valence-corrected chi connectivity index (χ2v) is 5.06. The van der Waals surface area contributed by atoms with Gasteiger partial charge in [0.05, 0.1) is 12.7 Å². The second kappa shape index (κ2) is 7.73. The highest BCUT2D eigenvalue weighted by atomic mass is 79.9. The van der Waals surface area contributed by atoms with Gasteiger partial charge in [0.25, 0.3) is 0 Å². The van der Waals surface area contributed by atoms with E-state index in [0.717, 1.165) is 15.9 Å². The molecule has 2 aromatic heterocycles. The van der Waals surface area contributed by atoms with Crippen molar-refractivity contribution in [2.45, 2.75) is 13.8 Å². The van der Waals surface area contributed by atoms with Crippen LogP contribution >= 0.6 is 15.9 Å². The molecule has 0 unspecified atom stereocenters. The van der Waals surface area contributed by atoms with Gasteiger partial charge in [-0.3, -0.25) is 0 Å². The molecule has 0 radical (unpaired) electrons. The summed E-state index contributed by atoms with van der Waals surface area (Å²) in [4.78, 5) is 15.7. The van der Waals surface area contributed by atoms with E-state index in [1.54, 1.807) is 28.8 Å². The van der Waals surface area contributed by atoms with E-state index in [1.165, 1.54) is 7.11 Å². The molecule has 0 aliphatic heterocycles. The molecule has 0 saturated heterocycles. The minimum Gasteiger partial charge on any atom is -0.465 e. The average Bonchev–Trinajstić information content (AvgIpc) is 3.00. The van der Waals surface area contributed by atoms with Gasteiger partial charge in [0.2, 0.25) is 5.95 Å². The molecule has 1 aromatic carbocycles. The predicted octanol–water partition coefficient (Wildman–Crippen LogP) is 4.05.